The van der Waals surface area contributed by atoms with E-state index in [0.29, 0.717) is 16.3 Å². The summed E-state index contributed by atoms with van der Waals surface area (Å²) in [7, 11) is 0. The molecule has 3 aromatic heterocycles. The van der Waals surface area contributed by atoms with Crippen LogP contribution in [0, 0.1) is 0 Å². The predicted molar refractivity (Wildman–Crippen MR) is 110 cm³/mol. The highest BCUT2D eigenvalue weighted by Crippen LogP contribution is 2.39. The molecule has 1 aromatic carbocycles. The fourth-order valence-corrected chi connectivity index (χ4v) is 3.30. The third kappa shape index (κ3) is 2.71. The van der Waals surface area contributed by atoms with E-state index in [2.05, 4.69) is 25.1 Å². The van der Waals surface area contributed by atoms with Crippen molar-refractivity contribution in [2.45, 2.75) is 39.0 Å². The van der Waals surface area contributed by atoms with Gasteiger partial charge in [0.15, 0.2) is 11.6 Å². The van der Waals surface area contributed by atoms with Crippen LogP contribution in [0.5, 0.6) is 0 Å². The third-order valence-corrected chi connectivity index (χ3v) is 4.57. The number of benzene rings is 1. The fourth-order valence-electron chi connectivity index (χ4n) is 3.30. The topological polar surface area (TPSA) is 77.5 Å². The van der Waals surface area contributed by atoms with Gasteiger partial charge >= 0.3 is 0 Å². The minimum atomic E-state index is -3.63. The van der Waals surface area contributed by atoms with Crippen molar-refractivity contribution in [3.05, 3.63) is 61.1 Å². The Hall–Kier alpha value is -3.55. The first-order valence-corrected chi connectivity index (χ1v) is 8.57. The first-order valence-electron chi connectivity index (χ1n) is 14.6. The monoisotopic (exact) mass is 398 g/mol. The van der Waals surface area contributed by atoms with Crippen molar-refractivity contribution < 1.29 is 16.4 Å². The van der Waals surface area contributed by atoms with Crippen LogP contribution < -0.4 is 4.90 Å². The van der Waals surface area contributed by atoms with Gasteiger partial charge in [-0.3, -0.25) is 9.13 Å². The minimum absolute atomic E-state index is 0.0853. The van der Waals surface area contributed by atoms with Gasteiger partial charge < -0.3 is 4.90 Å². The molecule has 5 rings (SSSR count). The molecule has 0 saturated heterocycles. The van der Waals surface area contributed by atoms with E-state index in [1.54, 1.807) is 30.3 Å². The molecule has 1 aliphatic rings. The Bertz CT molecular complexity index is 1560. The molecule has 0 spiro atoms. The SMILES string of the molecule is [2H]C([2H])([2H])C([2H])([2H])C1c2nncn2-c2cnc(-n3ccnc3-c3ccccc3)nc2N1C([2H])(C([2H])([2H])[2H])C([2H])([2H])[2H]. The molecule has 0 fully saturated rings. The molecule has 0 N–H and O–H groups in total. The van der Waals surface area contributed by atoms with Crippen molar-refractivity contribution in [2.75, 3.05) is 4.90 Å². The molecule has 4 aromatic rings. The lowest BCUT2D eigenvalue weighted by Crippen LogP contribution is -2.40. The van der Waals surface area contributed by atoms with Crippen LogP contribution in [-0.4, -0.2) is 40.3 Å². The van der Waals surface area contributed by atoms with Gasteiger partial charge in [-0.25, -0.2) is 9.97 Å². The lowest BCUT2D eigenvalue weighted by Gasteiger charge is -2.39. The van der Waals surface area contributed by atoms with E-state index in [1.165, 1.54) is 23.2 Å². The Morgan fingerprint density at radius 1 is 1.21 bits per heavy atom. The maximum atomic E-state index is 8.99. The largest absolute Gasteiger partial charge is 0.342 e. The number of hydrogen-bond donors (Lipinski definition) is 0. The first-order chi connectivity index (χ1) is 18.9. The van der Waals surface area contributed by atoms with E-state index < -0.39 is 50.6 Å². The summed E-state index contributed by atoms with van der Waals surface area (Å²) in [6, 6.07) is 3.05. The van der Waals surface area contributed by atoms with Gasteiger partial charge in [0.05, 0.1) is 13.6 Å². The quantitative estimate of drug-likeness (QED) is 0.523. The summed E-state index contributed by atoms with van der Waals surface area (Å²) in [6.07, 6.45) is 1.93. The molecular weight excluding hydrogens is 364 g/mol. The molecule has 1 unspecified atom stereocenters. The Morgan fingerprint density at radius 2 is 2.10 bits per heavy atom. The molecule has 4 heterocycles. The number of aromatic nitrogens is 7. The second kappa shape index (κ2) is 6.80. The van der Waals surface area contributed by atoms with Crippen molar-refractivity contribution in [1.29, 1.82) is 0 Å². The van der Waals surface area contributed by atoms with Gasteiger partial charge in [0.1, 0.15) is 17.8 Å². The summed E-state index contributed by atoms with van der Waals surface area (Å²) in [6.45, 7) is -10.7. The van der Waals surface area contributed by atoms with Gasteiger partial charge in [-0.15, -0.1) is 10.2 Å². The number of hydrogen-bond acceptors (Lipinski definition) is 6. The standard InChI is InChI=1S/C21H22N8/c1-4-16-20-26-24-13-28(20)17-12-23-21(25-19(17)29(16)14(2)3)27-11-10-22-18(27)15-8-6-5-7-9-15/h5-14,16H,4H2,1-3H3/i1D3,2D3,3D3,4D2,14D. The molecule has 1 aliphatic heterocycles. The number of nitrogens with zero attached hydrogens (tertiary/aromatic N) is 8. The van der Waals surface area contributed by atoms with E-state index in [9.17, 15) is 0 Å². The summed E-state index contributed by atoms with van der Waals surface area (Å²) in [5.74, 6) is -0.715. The molecule has 8 heteroatoms. The summed E-state index contributed by atoms with van der Waals surface area (Å²) in [4.78, 5) is 13.5. The van der Waals surface area contributed by atoms with E-state index in [4.69, 9.17) is 16.4 Å². The molecule has 146 valence electrons. The van der Waals surface area contributed by atoms with Crippen molar-refractivity contribution in [3.63, 3.8) is 0 Å². The van der Waals surface area contributed by atoms with Crippen molar-refractivity contribution in [1.82, 2.24) is 34.3 Å². The zero-order chi connectivity index (χ0) is 30.2. The molecule has 29 heavy (non-hydrogen) atoms. The molecule has 0 amide bonds. The Kier molecular flexibility index (Phi) is 2.08. The lowest BCUT2D eigenvalue weighted by molar-refractivity contribution is 0.497. The molecule has 1 atom stereocenters. The summed E-state index contributed by atoms with van der Waals surface area (Å²) in [5, 5.41) is 7.57. The highest BCUT2D eigenvalue weighted by atomic mass is 15.4. The van der Waals surface area contributed by atoms with Crippen LogP contribution in [0.25, 0.3) is 23.0 Å². The van der Waals surface area contributed by atoms with Crippen LogP contribution in [0.3, 0.4) is 0 Å². The van der Waals surface area contributed by atoms with Crippen LogP contribution in [-0.2, 0) is 0 Å². The van der Waals surface area contributed by atoms with Gasteiger partial charge in [0, 0.05) is 39.1 Å². The lowest BCUT2D eigenvalue weighted by atomic mass is 10.1. The highest BCUT2D eigenvalue weighted by Gasteiger charge is 2.35. The van der Waals surface area contributed by atoms with Crippen molar-refractivity contribution >= 4 is 5.82 Å². The zero-order valence-corrected chi connectivity index (χ0v) is 14.9. The van der Waals surface area contributed by atoms with E-state index in [0.717, 1.165) is 10.9 Å². The molecule has 0 saturated carbocycles. The number of fused-ring (bicyclic) bond motifs is 3. The number of imidazole rings is 1. The Labute approximate surface area is 185 Å². The van der Waals surface area contributed by atoms with Crippen LogP contribution >= 0.6 is 0 Å². The smallest absolute Gasteiger partial charge is 0.237 e. The fraction of sp³-hybridized carbons (Fsp3) is 0.286. The Balaban J connectivity index is 1.85. The number of rotatable bonds is 4. The van der Waals surface area contributed by atoms with Crippen LogP contribution in [0.1, 0.15) is 55.2 Å². The second-order valence-electron chi connectivity index (χ2n) is 6.19. The van der Waals surface area contributed by atoms with E-state index in [-0.39, 0.29) is 11.6 Å². The summed E-state index contributed by atoms with van der Waals surface area (Å²) >= 11 is 0. The van der Waals surface area contributed by atoms with Crippen molar-refractivity contribution in [2.24, 2.45) is 0 Å². The molecule has 0 aliphatic carbocycles. The minimum Gasteiger partial charge on any atom is -0.342 e. The van der Waals surface area contributed by atoms with E-state index >= 15 is 0 Å². The maximum Gasteiger partial charge on any atom is 0.237 e. The van der Waals surface area contributed by atoms with Crippen LogP contribution in [0.15, 0.2) is 55.2 Å². The highest BCUT2D eigenvalue weighted by molar-refractivity contribution is 5.63. The average molecular weight is 399 g/mol. The molecule has 0 radical (unpaired) electrons. The molecular formula is C21H22N8. The van der Waals surface area contributed by atoms with Crippen LogP contribution in [0.4, 0.5) is 5.82 Å². The third-order valence-electron chi connectivity index (χ3n) is 4.57. The van der Waals surface area contributed by atoms with Gasteiger partial charge in [-0.05, 0) is 20.1 Å². The zero-order valence-electron chi connectivity index (χ0n) is 26.9. The summed E-state index contributed by atoms with van der Waals surface area (Å²) in [5.41, 5.74) is 0.575. The molecule has 0 bridgehead atoms. The van der Waals surface area contributed by atoms with Crippen LogP contribution in [0.2, 0.25) is 0 Å². The van der Waals surface area contributed by atoms with Gasteiger partial charge in [0.2, 0.25) is 5.95 Å². The van der Waals surface area contributed by atoms with Gasteiger partial charge in [0.25, 0.3) is 0 Å². The molecule has 8 nitrogen and oxygen atoms in total. The number of anilines is 1. The van der Waals surface area contributed by atoms with Crippen molar-refractivity contribution in [3.8, 4) is 23.0 Å². The predicted octanol–water partition coefficient (Wildman–Crippen LogP) is 3.59. The maximum absolute atomic E-state index is 8.99. The second-order valence-corrected chi connectivity index (χ2v) is 6.19. The first kappa shape index (κ1) is 8.86. The normalized spacial score (nSPS) is 23.7. The van der Waals surface area contributed by atoms with Gasteiger partial charge in [-0.2, -0.15) is 4.98 Å². The van der Waals surface area contributed by atoms with Gasteiger partial charge in [-0.1, -0.05) is 37.2 Å². The van der Waals surface area contributed by atoms with E-state index in [1.807, 2.05) is 0 Å². The summed E-state index contributed by atoms with van der Waals surface area (Å²) < 4.78 is 101. The average Bonchev–Trinajstić information content (AvgIpc) is 3.55. The Morgan fingerprint density at radius 3 is 2.93 bits per heavy atom.